The van der Waals surface area contributed by atoms with E-state index in [0.717, 1.165) is 6.07 Å². The molecule has 1 atom stereocenters. The minimum atomic E-state index is -4.63. The van der Waals surface area contributed by atoms with Crippen LogP contribution in [0.3, 0.4) is 0 Å². The highest BCUT2D eigenvalue weighted by atomic mass is 19.4. The van der Waals surface area contributed by atoms with E-state index in [9.17, 15) is 13.2 Å². The second-order valence-corrected chi connectivity index (χ2v) is 5.01. The molecule has 0 amide bonds. The number of anilines is 3. The summed E-state index contributed by atoms with van der Waals surface area (Å²) in [5, 5.41) is 14.4. The summed E-state index contributed by atoms with van der Waals surface area (Å²) in [6.45, 7) is 1.33. The molecule has 1 aromatic carbocycles. The Balaban J connectivity index is 2.39. The number of nitrogens with zero attached hydrogens (tertiary/aromatic N) is 2. The molecule has 1 heterocycles. The number of benzene rings is 1. The molecule has 0 aliphatic carbocycles. The van der Waals surface area contributed by atoms with Crippen molar-refractivity contribution in [3.05, 3.63) is 36.0 Å². The van der Waals surface area contributed by atoms with Crippen LogP contribution >= 0.6 is 0 Å². The Kier molecular flexibility index (Phi) is 5.45. The molecular formula is C15H17F3N4O2. The molecule has 6 nitrogen and oxygen atoms in total. The number of alkyl halides is 3. The zero-order chi connectivity index (χ0) is 17.7. The molecule has 0 unspecified atom stereocenters. The van der Waals surface area contributed by atoms with Crippen molar-refractivity contribution in [2.75, 3.05) is 24.4 Å². The fourth-order valence-corrected chi connectivity index (χ4v) is 1.87. The second-order valence-electron chi connectivity index (χ2n) is 5.01. The number of halogens is 3. The average molecular weight is 342 g/mol. The van der Waals surface area contributed by atoms with Crippen molar-refractivity contribution in [1.29, 1.82) is 0 Å². The van der Waals surface area contributed by atoms with Crippen LogP contribution in [0.4, 0.5) is 30.6 Å². The van der Waals surface area contributed by atoms with Crippen molar-refractivity contribution in [2.24, 2.45) is 0 Å². The minimum absolute atomic E-state index is 0.0468. The fourth-order valence-electron chi connectivity index (χ4n) is 1.87. The number of para-hydroxylation sites is 2. The molecule has 0 saturated carbocycles. The molecule has 1 aromatic heterocycles. The van der Waals surface area contributed by atoms with Gasteiger partial charge in [-0.2, -0.15) is 18.2 Å². The van der Waals surface area contributed by atoms with Crippen molar-refractivity contribution < 1.29 is 23.0 Å². The molecule has 3 N–H and O–H groups in total. The highest BCUT2D eigenvalue weighted by Crippen LogP contribution is 2.32. The van der Waals surface area contributed by atoms with Crippen LogP contribution in [0.1, 0.15) is 12.6 Å². The summed E-state index contributed by atoms with van der Waals surface area (Å²) in [5.74, 6) is 0.182. The molecule has 0 bridgehead atoms. The molecule has 9 heteroatoms. The lowest BCUT2D eigenvalue weighted by Crippen LogP contribution is -2.22. The van der Waals surface area contributed by atoms with Crippen molar-refractivity contribution in [2.45, 2.75) is 19.1 Å². The number of aliphatic hydroxyl groups is 1. The van der Waals surface area contributed by atoms with Crippen LogP contribution in [-0.4, -0.2) is 34.8 Å². The Labute approximate surface area is 136 Å². The SMILES string of the molecule is COc1ccccc1Nc1cc(C(F)(F)F)nc(N[C@@H](C)CO)n1. The molecule has 0 saturated heterocycles. The Morgan fingerprint density at radius 3 is 2.58 bits per heavy atom. The first kappa shape index (κ1) is 17.8. The third kappa shape index (κ3) is 4.48. The van der Waals surface area contributed by atoms with Crippen LogP contribution in [0.15, 0.2) is 30.3 Å². The van der Waals surface area contributed by atoms with Crippen molar-refractivity contribution in [1.82, 2.24) is 9.97 Å². The van der Waals surface area contributed by atoms with E-state index < -0.39 is 17.9 Å². The van der Waals surface area contributed by atoms with Crippen LogP contribution in [0.2, 0.25) is 0 Å². The molecule has 2 aromatic rings. The monoisotopic (exact) mass is 342 g/mol. The standard InChI is InChI=1S/C15H17F3N4O2/c1-9(8-23)19-14-21-12(15(16,17)18)7-13(22-14)20-10-5-3-4-6-11(10)24-2/h3-7,9,23H,8H2,1-2H3,(H2,19,20,21,22)/t9-/m0/s1. The summed E-state index contributed by atoms with van der Waals surface area (Å²) in [4.78, 5) is 7.45. The summed E-state index contributed by atoms with van der Waals surface area (Å²) < 4.78 is 44.2. The van der Waals surface area contributed by atoms with Gasteiger partial charge in [-0.1, -0.05) is 12.1 Å². The lowest BCUT2D eigenvalue weighted by molar-refractivity contribution is -0.141. The zero-order valence-electron chi connectivity index (χ0n) is 13.1. The number of hydrogen-bond donors (Lipinski definition) is 3. The molecule has 0 spiro atoms. The van der Waals surface area contributed by atoms with E-state index in [1.165, 1.54) is 7.11 Å². The maximum absolute atomic E-state index is 13.0. The van der Waals surface area contributed by atoms with Gasteiger partial charge in [0.05, 0.1) is 19.4 Å². The van der Waals surface area contributed by atoms with Gasteiger partial charge in [-0.25, -0.2) is 4.98 Å². The summed E-state index contributed by atoms with van der Waals surface area (Å²) >= 11 is 0. The van der Waals surface area contributed by atoms with Crippen molar-refractivity contribution in [3.63, 3.8) is 0 Å². The number of ether oxygens (including phenoxy) is 1. The van der Waals surface area contributed by atoms with E-state index in [2.05, 4.69) is 20.6 Å². The third-order valence-corrected chi connectivity index (χ3v) is 3.04. The first-order chi connectivity index (χ1) is 11.3. The van der Waals surface area contributed by atoms with Gasteiger partial charge in [0, 0.05) is 12.1 Å². The maximum Gasteiger partial charge on any atom is 0.433 e. The summed E-state index contributed by atoms with van der Waals surface area (Å²) in [5.41, 5.74) is -0.629. The molecule has 24 heavy (non-hydrogen) atoms. The normalized spacial score (nSPS) is 12.6. The van der Waals surface area contributed by atoms with Crippen LogP contribution in [0.5, 0.6) is 5.75 Å². The Bertz CT molecular complexity index is 695. The third-order valence-electron chi connectivity index (χ3n) is 3.04. The first-order valence-corrected chi connectivity index (χ1v) is 7.07. The van der Waals surface area contributed by atoms with Gasteiger partial charge in [-0.3, -0.25) is 0 Å². The predicted molar refractivity (Wildman–Crippen MR) is 83.5 cm³/mol. The molecule has 0 aliphatic rings. The highest BCUT2D eigenvalue weighted by Gasteiger charge is 2.34. The molecular weight excluding hydrogens is 325 g/mol. The zero-order valence-corrected chi connectivity index (χ0v) is 13.1. The number of rotatable bonds is 6. The molecule has 0 aliphatic heterocycles. The number of aliphatic hydroxyl groups excluding tert-OH is 1. The smallest absolute Gasteiger partial charge is 0.433 e. The van der Waals surface area contributed by atoms with E-state index in [4.69, 9.17) is 9.84 Å². The largest absolute Gasteiger partial charge is 0.495 e. The van der Waals surface area contributed by atoms with Gasteiger partial charge in [0.25, 0.3) is 0 Å². The summed E-state index contributed by atoms with van der Waals surface area (Å²) in [7, 11) is 1.46. The van der Waals surface area contributed by atoms with E-state index in [0.29, 0.717) is 11.4 Å². The van der Waals surface area contributed by atoms with Gasteiger partial charge in [-0.15, -0.1) is 0 Å². The van der Waals surface area contributed by atoms with Crippen LogP contribution in [-0.2, 0) is 6.18 Å². The van der Waals surface area contributed by atoms with Gasteiger partial charge in [-0.05, 0) is 19.1 Å². The van der Waals surface area contributed by atoms with Crippen LogP contribution in [0.25, 0.3) is 0 Å². The van der Waals surface area contributed by atoms with Crippen LogP contribution in [0, 0.1) is 0 Å². The summed E-state index contributed by atoms with van der Waals surface area (Å²) in [6, 6.07) is 7.08. The van der Waals surface area contributed by atoms with Gasteiger partial charge >= 0.3 is 6.18 Å². The average Bonchev–Trinajstić information content (AvgIpc) is 2.54. The fraction of sp³-hybridized carbons (Fsp3) is 0.333. The van der Waals surface area contributed by atoms with Crippen molar-refractivity contribution >= 4 is 17.5 Å². The number of hydrogen-bond acceptors (Lipinski definition) is 6. The predicted octanol–water partition coefficient (Wildman–Crippen LogP) is 3.04. The second kappa shape index (κ2) is 7.35. The summed E-state index contributed by atoms with van der Waals surface area (Å²) in [6.07, 6.45) is -4.63. The molecule has 0 radical (unpaired) electrons. The maximum atomic E-state index is 13.0. The lowest BCUT2D eigenvalue weighted by atomic mass is 10.3. The molecule has 2 rings (SSSR count). The van der Waals surface area contributed by atoms with E-state index in [1.807, 2.05) is 0 Å². The van der Waals surface area contributed by atoms with E-state index in [-0.39, 0.29) is 18.4 Å². The highest BCUT2D eigenvalue weighted by molar-refractivity contribution is 5.64. The number of aromatic nitrogens is 2. The lowest BCUT2D eigenvalue weighted by Gasteiger charge is -2.16. The van der Waals surface area contributed by atoms with E-state index >= 15 is 0 Å². The quantitative estimate of drug-likeness (QED) is 0.749. The van der Waals surface area contributed by atoms with Gasteiger partial charge < -0.3 is 20.5 Å². The first-order valence-electron chi connectivity index (χ1n) is 7.07. The Hall–Kier alpha value is -2.55. The Morgan fingerprint density at radius 2 is 1.96 bits per heavy atom. The van der Waals surface area contributed by atoms with Gasteiger partial charge in [0.1, 0.15) is 11.6 Å². The van der Waals surface area contributed by atoms with Crippen molar-refractivity contribution in [3.8, 4) is 5.75 Å². The molecule has 0 fully saturated rings. The van der Waals surface area contributed by atoms with Crippen LogP contribution < -0.4 is 15.4 Å². The minimum Gasteiger partial charge on any atom is -0.495 e. The van der Waals surface area contributed by atoms with E-state index in [1.54, 1.807) is 31.2 Å². The topological polar surface area (TPSA) is 79.3 Å². The number of methoxy groups -OCH3 is 1. The number of nitrogens with one attached hydrogen (secondary N) is 2. The Morgan fingerprint density at radius 1 is 1.25 bits per heavy atom. The molecule has 130 valence electrons. The van der Waals surface area contributed by atoms with Gasteiger partial charge in [0.2, 0.25) is 5.95 Å². The van der Waals surface area contributed by atoms with Gasteiger partial charge in [0.15, 0.2) is 5.69 Å².